The molecule has 0 amide bonds. The molecule has 3 aromatic heterocycles. The van der Waals surface area contributed by atoms with E-state index in [1.165, 1.54) is 0 Å². The Labute approximate surface area is 172 Å². The fraction of sp³-hybridized carbons (Fsp3) is 0.130. The van der Waals surface area contributed by atoms with Crippen LogP contribution in [-0.2, 0) is 6.54 Å². The third kappa shape index (κ3) is 2.66. The molecule has 3 heterocycles. The van der Waals surface area contributed by atoms with Crippen molar-refractivity contribution in [3.05, 3.63) is 77.1 Å². The van der Waals surface area contributed by atoms with E-state index in [2.05, 4.69) is 20.6 Å². The first-order valence-corrected chi connectivity index (χ1v) is 9.83. The number of nitrogens with zero attached hydrogens (tertiary/aromatic N) is 3. The molecular formula is C23H20N6O. The van der Waals surface area contributed by atoms with Crippen LogP contribution in [0.15, 0.2) is 65.7 Å². The standard InChI is InChI=1S/C23H20N6O/c24-10-5-11-28-14-17(15-6-2-4-9-20(15)28)22-19(12-25)27-23(30)29(22)21-13-26-18-8-3-1-7-16(18)21/h1-4,6-9,13-14,26H,5,10-11,24H2,(H,27,30). The summed E-state index contributed by atoms with van der Waals surface area (Å²) in [6, 6.07) is 18.0. The van der Waals surface area contributed by atoms with E-state index in [1.807, 2.05) is 54.7 Å². The monoisotopic (exact) mass is 396 g/mol. The van der Waals surface area contributed by atoms with Crippen molar-refractivity contribution in [3.63, 3.8) is 0 Å². The maximum atomic E-state index is 13.0. The molecule has 0 aliphatic heterocycles. The maximum absolute atomic E-state index is 13.0. The van der Waals surface area contributed by atoms with Gasteiger partial charge in [-0.1, -0.05) is 36.4 Å². The van der Waals surface area contributed by atoms with Crippen molar-refractivity contribution in [1.82, 2.24) is 19.1 Å². The Morgan fingerprint density at radius 2 is 1.83 bits per heavy atom. The third-order valence-electron chi connectivity index (χ3n) is 5.46. The van der Waals surface area contributed by atoms with Crippen molar-refractivity contribution in [3.8, 4) is 23.0 Å². The Morgan fingerprint density at radius 1 is 1.07 bits per heavy atom. The van der Waals surface area contributed by atoms with E-state index in [9.17, 15) is 10.1 Å². The van der Waals surface area contributed by atoms with Crippen molar-refractivity contribution < 1.29 is 0 Å². The highest BCUT2D eigenvalue weighted by Gasteiger charge is 2.22. The van der Waals surface area contributed by atoms with Crippen LogP contribution in [0.4, 0.5) is 0 Å². The molecule has 0 atom stereocenters. The zero-order valence-electron chi connectivity index (χ0n) is 16.2. The summed E-state index contributed by atoms with van der Waals surface area (Å²) >= 11 is 0. The number of para-hydroxylation sites is 2. The number of fused-ring (bicyclic) bond motifs is 2. The third-order valence-corrected chi connectivity index (χ3v) is 5.46. The molecule has 5 aromatic rings. The molecule has 0 aliphatic carbocycles. The van der Waals surface area contributed by atoms with Crippen LogP contribution in [0.3, 0.4) is 0 Å². The number of benzene rings is 2. The first-order valence-electron chi connectivity index (χ1n) is 9.83. The van der Waals surface area contributed by atoms with Gasteiger partial charge in [0, 0.05) is 46.3 Å². The van der Waals surface area contributed by atoms with E-state index in [0.717, 1.165) is 40.3 Å². The van der Waals surface area contributed by atoms with Gasteiger partial charge in [0.2, 0.25) is 0 Å². The highest BCUT2D eigenvalue weighted by Crippen LogP contribution is 2.34. The second kappa shape index (κ2) is 7.10. The first kappa shape index (κ1) is 18.0. The minimum Gasteiger partial charge on any atom is -0.359 e. The zero-order chi connectivity index (χ0) is 20.7. The zero-order valence-corrected chi connectivity index (χ0v) is 16.2. The summed E-state index contributed by atoms with van der Waals surface area (Å²) in [5.74, 6) is 0. The summed E-state index contributed by atoms with van der Waals surface area (Å²) in [7, 11) is 0. The number of aromatic amines is 2. The quantitative estimate of drug-likeness (QED) is 0.423. The van der Waals surface area contributed by atoms with E-state index in [0.29, 0.717) is 17.9 Å². The van der Waals surface area contributed by atoms with Gasteiger partial charge in [-0.3, -0.25) is 9.55 Å². The molecule has 0 spiro atoms. The Bertz CT molecular complexity index is 1470. The molecule has 2 aromatic carbocycles. The fourth-order valence-electron chi connectivity index (χ4n) is 4.12. The van der Waals surface area contributed by atoms with E-state index in [-0.39, 0.29) is 11.4 Å². The van der Waals surface area contributed by atoms with Crippen LogP contribution in [0.1, 0.15) is 12.1 Å². The molecule has 148 valence electrons. The van der Waals surface area contributed by atoms with Crippen molar-refractivity contribution in [2.75, 3.05) is 6.54 Å². The maximum Gasteiger partial charge on any atom is 0.331 e. The molecule has 0 saturated carbocycles. The molecule has 4 N–H and O–H groups in total. The van der Waals surface area contributed by atoms with Crippen molar-refractivity contribution in [2.24, 2.45) is 5.73 Å². The van der Waals surface area contributed by atoms with Crippen LogP contribution in [0.25, 0.3) is 38.8 Å². The average Bonchev–Trinajstić information content (AvgIpc) is 3.45. The van der Waals surface area contributed by atoms with Gasteiger partial charge in [0.15, 0.2) is 0 Å². The van der Waals surface area contributed by atoms with Crippen LogP contribution in [-0.4, -0.2) is 25.6 Å². The average molecular weight is 396 g/mol. The van der Waals surface area contributed by atoms with Crippen LogP contribution in [0.2, 0.25) is 0 Å². The van der Waals surface area contributed by atoms with E-state index >= 15 is 0 Å². The molecule has 0 aliphatic rings. The first-order chi connectivity index (χ1) is 14.7. The number of nitriles is 1. The number of rotatable bonds is 5. The van der Waals surface area contributed by atoms with E-state index in [4.69, 9.17) is 5.73 Å². The van der Waals surface area contributed by atoms with Gasteiger partial charge < -0.3 is 15.3 Å². The van der Waals surface area contributed by atoms with Gasteiger partial charge in [-0.2, -0.15) is 5.26 Å². The second-order valence-corrected chi connectivity index (χ2v) is 7.22. The Morgan fingerprint density at radius 3 is 2.63 bits per heavy atom. The van der Waals surface area contributed by atoms with Gasteiger partial charge in [0.05, 0.1) is 11.4 Å². The van der Waals surface area contributed by atoms with Gasteiger partial charge in [-0.15, -0.1) is 0 Å². The highest BCUT2D eigenvalue weighted by molar-refractivity contribution is 5.97. The summed E-state index contributed by atoms with van der Waals surface area (Å²) < 4.78 is 3.72. The van der Waals surface area contributed by atoms with Crippen molar-refractivity contribution in [1.29, 1.82) is 5.26 Å². The number of H-pyrrole nitrogens is 2. The van der Waals surface area contributed by atoms with Crippen LogP contribution in [0.5, 0.6) is 0 Å². The minimum atomic E-state index is -0.343. The summed E-state index contributed by atoms with van der Waals surface area (Å²) in [4.78, 5) is 18.9. The normalized spacial score (nSPS) is 11.3. The number of aromatic nitrogens is 4. The predicted molar refractivity (Wildman–Crippen MR) is 118 cm³/mol. The lowest BCUT2D eigenvalue weighted by molar-refractivity contribution is 0.671. The molecule has 7 heteroatoms. The predicted octanol–water partition coefficient (Wildman–Crippen LogP) is 3.49. The molecule has 7 nitrogen and oxygen atoms in total. The molecule has 0 saturated heterocycles. The molecule has 0 radical (unpaired) electrons. The Kier molecular flexibility index (Phi) is 4.27. The highest BCUT2D eigenvalue weighted by atomic mass is 16.1. The minimum absolute atomic E-state index is 0.243. The molecule has 0 bridgehead atoms. The van der Waals surface area contributed by atoms with E-state index < -0.39 is 0 Å². The van der Waals surface area contributed by atoms with Crippen LogP contribution < -0.4 is 11.4 Å². The molecule has 0 fully saturated rings. The van der Waals surface area contributed by atoms with Crippen molar-refractivity contribution in [2.45, 2.75) is 13.0 Å². The van der Waals surface area contributed by atoms with Gasteiger partial charge in [0.25, 0.3) is 0 Å². The summed E-state index contributed by atoms with van der Waals surface area (Å²) in [5.41, 5.74) is 9.70. The topological polar surface area (TPSA) is 108 Å². The lowest BCUT2D eigenvalue weighted by Gasteiger charge is -2.06. The second-order valence-electron chi connectivity index (χ2n) is 7.22. The number of hydrogen-bond acceptors (Lipinski definition) is 3. The lowest BCUT2D eigenvalue weighted by Crippen LogP contribution is -2.15. The van der Waals surface area contributed by atoms with Gasteiger partial charge in [-0.25, -0.2) is 4.79 Å². The van der Waals surface area contributed by atoms with Gasteiger partial charge in [-0.05, 0) is 25.1 Å². The molecule has 5 rings (SSSR count). The largest absolute Gasteiger partial charge is 0.359 e. The Balaban J connectivity index is 1.83. The summed E-state index contributed by atoms with van der Waals surface area (Å²) in [6.45, 7) is 1.36. The Hall–Kier alpha value is -4.02. The van der Waals surface area contributed by atoms with Gasteiger partial charge >= 0.3 is 5.69 Å². The van der Waals surface area contributed by atoms with Gasteiger partial charge in [0.1, 0.15) is 11.8 Å². The lowest BCUT2D eigenvalue weighted by atomic mass is 10.1. The number of imidazole rings is 1. The molecule has 30 heavy (non-hydrogen) atoms. The van der Waals surface area contributed by atoms with E-state index in [1.54, 1.807) is 10.8 Å². The number of hydrogen-bond donors (Lipinski definition) is 3. The van der Waals surface area contributed by atoms with Crippen LogP contribution in [0, 0.1) is 11.3 Å². The molecular weight excluding hydrogens is 376 g/mol. The SMILES string of the molecule is N#Cc1[nH]c(=O)n(-c2c[nH]c3ccccc23)c1-c1cn(CCCN)c2ccccc12. The number of aryl methyl sites for hydroxylation is 1. The fourth-order valence-corrected chi connectivity index (χ4v) is 4.12. The summed E-state index contributed by atoms with van der Waals surface area (Å²) in [5, 5.41) is 11.7. The number of nitrogens with two attached hydrogens (primary N) is 1. The van der Waals surface area contributed by atoms with Crippen LogP contribution >= 0.6 is 0 Å². The summed E-state index contributed by atoms with van der Waals surface area (Å²) in [6.07, 6.45) is 4.65. The molecule has 0 unspecified atom stereocenters. The number of nitrogens with one attached hydrogen (secondary N) is 2. The van der Waals surface area contributed by atoms with Crippen molar-refractivity contribution >= 4 is 21.8 Å². The smallest absolute Gasteiger partial charge is 0.331 e.